The Morgan fingerprint density at radius 2 is 1.49 bits per heavy atom. The van der Waals surface area contributed by atoms with E-state index in [-0.39, 0.29) is 30.0 Å². The second kappa shape index (κ2) is 12.5. The van der Waals surface area contributed by atoms with Crippen molar-refractivity contribution in [2.24, 2.45) is 4.99 Å². The Morgan fingerprint density at radius 1 is 0.867 bits per heavy atom. The van der Waals surface area contributed by atoms with Crippen LogP contribution in [0.4, 0.5) is 10.5 Å². The Balaban J connectivity index is 1.42. The van der Waals surface area contributed by atoms with Crippen LogP contribution in [-0.4, -0.2) is 81.5 Å². The maximum atomic E-state index is 13.6. The van der Waals surface area contributed by atoms with Crippen LogP contribution in [0.3, 0.4) is 0 Å². The molecule has 0 aliphatic carbocycles. The van der Waals surface area contributed by atoms with Crippen LogP contribution in [0, 0.1) is 0 Å². The lowest BCUT2D eigenvalue weighted by Crippen LogP contribution is -2.60. The van der Waals surface area contributed by atoms with Crippen molar-refractivity contribution in [1.29, 1.82) is 0 Å². The molecule has 0 spiro atoms. The molecule has 0 bridgehead atoms. The highest BCUT2D eigenvalue weighted by Crippen LogP contribution is 2.32. The van der Waals surface area contributed by atoms with Crippen molar-refractivity contribution in [2.45, 2.75) is 52.3 Å². The number of carbonyl (C=O) groups is 3. The van der Waals surface area contributed by atoms with Gasteiger partial charge in [-0.3, -0.25) is 4.79 Å². The number of hydrogen-bond acceptors (Lipinski definition) is 7. The minimum absolute atomic E-state index is 0.0879. The van der Waals surface area contributed by atoms with Gasteiger partial charge in [0.1, 0.15) is 5.60 Å². The van der Waals surface area contributed by atoms with E-state index in [4.69, 9.17) is 14.5 Å². The Kier molecular flexibility index (Phi) is 8.68. The number of piperazine rings is 1. The average molecular weight is 611 g/mol. The van der Waals surface area contributed by atoms with Crippen molar-refractivity contribution >= 4 is 40.3 Å². The van der Waals surface area contributed by atoms with Crippen molar-refractivity contribution in [3.05, 3.63) is 95.1 Å². The number of nitrogens with zero attached hydrogens (tertiary/aromatic N) is 3. The van der Waals surface area contributed by atoms with Crippen molar-refractivity contribution in [1.82, 2.24) is 14.8 Å². The SMILES string of the molecule is COC(=O)c1ccc2c(C(=Nc3ccc(C(=O)N4C[C@H](C)N(C(=O)OC(C)(C)C)C[C@H]4C)cc3)c3ccccc3)c(O)[nH]c2c1. The maximum absolute atomic E-state index is 13.6. The molecule has 2 N–H and O–H groups in total. The molecule has 1 aromatic heterocycles. The van der Waals surface area contributed by atoms with E-state index in [1.807, 2.05) is 65.0 Å². The third kappa shape index (κ3) is 6.69. The number of amides is 2. The lowest BCUT2D eigenvalue weighted by Gasteiger charge is -2.44. The van der Waals surface area contributed by atoms with E-state index in [1.54, 1.807) is 52.3 Å². The zero-order chi connectivity index (χ0) is 32.5. The first-order valence-corrected chi connectivity index (χ1v) is 14.8. The second-order valence-corrected chi connectivity index (χ2v) is 12.3. The number of aromatic nitrogens is 1. The number of nitrogens with one attached hydrogen (secondary N) is 1. The summed E-state index contributed by atoms with van der Waals surface area (Å²) in [4.78, 5) is 49.7. The standard InChI is InChI=1S/C35H38N4O6/c1-21-20-39(34(43)45-35(3,4)5)22(2)19-38(21)32(41)24-12-15-26(16-13-24)36-30(23-10-8-7-9-11-23)29-27-17-14-25(33(42)44-6)18-28(27)37-31(29)40/h7-18,21-22,37,40H,19-20H2,1-6H3/t21-,22+/m1/s1. The number of carbonyl (C=O) groups excluding carboxylic acids is 3. The summed E-state index contributed by atoms with van der Waals surface area (Å²) in [6, 6.07) is 21.1. The van der Waals surface area contributed by atoms with Crippen LogP contribution < -0.4 is 0 Å². The van der Waals surface area contributed by atoms with E-state index in [9.17, 15) is 19.5 Å². The number of ether oxygens (including phenoxy) is 2. The third-order valence-electron chi connectivity index (χ3n) is 7.71. The molecule has 5 rings (SSSR count). The number of H-pyrrole nitrogens is 1. The van der Waals surface area contributed by atoms with E-state index in [0.29, 0.717) is 52.1 Å². The fourth-order valence-electron chi connectivity index (χ4n) is 5.49. The van der Waals surface area contributed by atoms with E-state index >= 15 is 0 Å². The molecule has 0 radical (unpaired) electrons. The molecule has 0 saturated carbocycles. The van der Waals surface area contributed by atoms with Crippen molar-refractivity contribution in [3.63, 3.8) is 0 Å². The fraction of sp³-hybridized carbons (Fsp3) is 0.314. The maximum Gasteiger partial charge on any atom is 0.410 e. The first-order valence-electron chi connectivity index (χ1n) is 14.8. The number of esters is 1. The van der Waals surface area contributed by atoms with Gasteiger partial charge in [0.25, 0.3) is 5.91 Å². The molecule has 1 aliphatic rings. The van der Waals surface area contributed by atoms with Gasteiger partial charge in [0.15, 0.2) is 5.88 Å². The number of aliphatic imine (C=N–C) groups is 1. The number of hydrogen-bond donors (Lipinski definition) is 2. The predicted molar refractivity (Wildman–Crippen MR) is 172 cm³/mol. The number of aromatic hydroxyl groups is 1. The molecule has 0 unspecified atom stereocenters. The summed E-state index contributed by atoms with van der Waals surface area (Å²) >= 11 is 0. The molecule has 2 atom stereocenters. The van der Waals surface area contributed by atoms with Gasteiger partial charge >= 0.3 is 12.1 Å². The molecule has 10 nitrogen and oxygen atoms in total. The lowest BCUT2D eigenvalue weighted by molar-refractivity contribution is -0.00789. The molecule has 1 fully saturated rings. The van der Waals surface area contributed by atoms with Gasteiger partial charge in [-0.25, -0.2) is 14.6 Å². The first kappa shape index (κ1) is 31.3. The first-order chi connectivity index (χ1) is 21.4. The third-order valence-corrected chi connectivity index (χ3v) is 7.71. The van der Waals surface area contributed by atoms with Crippen LogP contribution in [0.15, 0.2) is 77.8 Å². The molecule has 3 aromatic carbocycles. The second-order valence-electron chi connectivity index (χ2n) is 12.3. The van der Waals surface area contributed by atoms with Gasteiger partial charge in [-0.2, -0.15) is 0 Å². The van der Waals surface area contributed by atoms with Gasteiger partial charge in [0.2, 0.25) is 0 Å². The average Bonchev–Trinajstić information content (AvgIpc) is 3.34. The summed E-state index contributed by atoms with van der Waals surface area (Å²) in [7, 11) is 1.32. The summed E-state index contributed by atoms with van der Waals surface area (Å²) in [5.74, 6) is -0.698. The molecule has 10 heteroatoms. The molecule has 234 valence electrons. The molecule has 45 heavy (non-hydrogen) atoms. The van der Waals surface area contributed by atoms with Gasteiger partial charge in [-0.15, -0.1) is 0 Å². The molecule has 2 amide bonds. The van der Waals surface area contributed by atoms with Crippen LogP contribution in [0.1, 0.15) is 66.5 Å². The van der Waals surface area contributed by atoms with E-state index < -0.39 is 11.6 Å². The molecule has 4 aromatic rings. The lowest BCUT2D eigenvalue weighted by atomic mass is 10.00. The number of methoxy groups -OCH3 is 1. The molecular formula is C35H38N4O6. The number of benzene rings is 3. The Bertz CT molecular complexity index is 1750. The fourth-order valence-corrected chi connectivity index (χ4v) is 5.49. The highest BCUT2D eigenvalue weighted by Gasteiger charge is 2.36. The summed E-state index contributed by atoms with van der Waals surface area (Å²) in [5, 5.41) is 11.7. The van der Waals surface area contributed by atoms with Crippen molar-refractivity contribution in [2.75, 3.05) is 20.2 Å². The topological polar surface area (TPSA) is 125 Å². The van der Waals surface area contributed by atoms with Gasteiger partial charge < -0.3 is 29.4 Å². The van der Waals surface area contributed by atoms with E-state index in [2.05, 4.69) is 4.98 Å². The minimum atomic E-state index is -0.599. The van der Waals surface area contributed by atoms with Crippen LogP contribution in [0.25, 0.3) is 10.9 Å². The molecular weight excluding hydrogens is 572 g/mol. The zero-order valence-corrected chi connectivity index (χ0v) is 26.3. The minimum Gasteiger partial charge on any atom is -0.494 e. The number of fused-ring (bicyclic) bond motifs is 1. The summed E-state index contributed by atoms with van der Waals surface area (Å²) < 4.78 is 10.4. The summed E-state index contributed by atoms with van der Waals surface area (Å²) in [5.41, 5.74) is 3.18. The zero-order valence-electron chi connectivity index (χ0n) is 26.3. The van der Waals surface area contributed by atoms with Crippen LogP contribution in [0.5, 0.6) is 5.88 Å². The van der Waals surface area contributed by atoms with Crippen molar-refractivity contribution < 1.29 is 29.0 Å². The Morgan fingerprint density at radius 3 is 2.13 bits per heavy atom. The normalized spacial score (nSPS) is 17.3. The van der Waals surface area contributed by atoms with E-state index in [1.165, 1.54) is 7.11 Å². The van der Waals surface area contributed by atoms with Gasteiger partial charge in [-0.05, 0) is 71.0 Å². The van der Waals surface area contributed by atoms with Crippen LogP contribution in [0.2, 0.25) is 0 Å². The van der Waals surface area contributed by atoms with Crippen LogP contribution >= 0.6 is 0 Å². The smallest absolute Gasteiger partial charge is 0.410 e. The molecule has 2 heterocycles. The van der Waals surface area contributed by atoms with Gasteiger partial charge in [-0.1, -0.05) is 36.4 Å². The highest BCUT2D eigenvalue weighted by atomic mass is 16.6. The summed E-state index contributed by atoms with van der Waals surface area (Å²) in [6.45, 7) is 10.1. The molecule has 1 saturated heterocycles. The van der Waals surface area contributed by atoms with Gasteiger partial charge in [0, 0.05) is 47.2 Å². The molecule has 1 aliphatic heterocycles. The van der Waals surface area contributed by atoms with Gasteiger partial charge in [0.05, 0.1) is 29.6 Å². The quantitative estimate of drug-likeness (QED) is 0.202. The Hall–Kier alpha value is -5.12. The van der Waals surface area contributed by atoms with Crippen molar-refractivity contribution in [3.8, 4) is 5.88 Å². The largest absolute Gasteiger partial charge is 0.494 e. The highest BCUT2D eigenvalue weighted by molar-refractivity contribution is 6.22. The number of rotatable bonds is 5. The monoisotopic (exact) mass is 610 g/mol. The summed E-state index contributed by atoms with van der Waals surface area (Å²) in [6.07, 6.45) is -0.379. The number of aromatic amines is 1. The van der Waals surface area contributed by atoms with E-state index in [0.717, 1.165) is 5.56 Å². The Labute approximate surface area is 262 Å². The predicted octanol–water partition coefficient (Wildman–Crippen LogP) is 6.30. The van der Waals surface area contributed by atoms with Crippen LogP contribution in [-0.2, 0) is 9.47 Å².